The van der Waals surface area contributed by atoms with Crippen molar-refractivity contribution >= 4 is 28.9 Å². The van der Waals surface area contributed by atoms with E-state index in [4.69, 9.17) is 9.47 Å². The molecule has 1 atom stereocenters. The average molecular weight is 476 g/mol. The minimum atomic E-state index is -4.58. The molecule has 0 saturated carbocycles. The lowest BCUT2D eigenvalue weighted by Gasteiger charge is -2.31. The summed E-state index contributed by atoms with van der Waals surface area (Å²) in [5.74, 6) is -1.58. The molecule has 34 heavy (non-hydrogen) atoms. The number of halogens is 3. The third kappa shape index (κ3) is 4.98. The number of aromatic nitrogens is 2. The van der Waals surface area contributed by atoms with Crippen molar-refractivity contribution in [3.63, 3.8) is 0 Å². The van der Waals surface area contributed by atoms with Gasteiger partial charge in [0.1, 0.15) is 5.65 Å². The predicted molar refractivity (Wildman–Crippen MR) is 118 cm³/mol. The second-order valence-electron chi connectivity index (χ2n) is 7.89. The number of hydrogen-bond acceptors (Lipinski definition) is 6. The zero-order chi connectivity index (χ0) is 24.5. The van der Waals surface area contributed by atoms with Crippen LogP contribution in [-0.4, -0.2) is 53.7 Å². The summed E-state index contributed by atoms with van der Waals surface area (Å²) < 4.78 is 52.1. The van der Waals surface area contributed by atoms with Gasteiger partial charge >= 0.3 is 12.1 Å². The maximum atomic E-state index is 13.3. The number of carbonyl (C=O) groups is 2. The standard InChI is InChI=1S/C23H23F3N4O4/c1-14-4-3-5-20-27-18(13-30(14)20)22(32)34-15(2)21(31)28-17-12-16(23(24,25)26)6-7-19(17)29-8-10-33-11-9-29/h3-7,12-13,15H,8-11H2,1-2H3,(H,28,31). The number of nitrogens with one attached hydrogen (secondary N) is 1. The Hall–Kier alpha value is -3.60. The molecule has 11 heteroatoms. The van der Waals surface area contributed by atoms with Crippen LogP contribution < -0.4 is 10.2 Å². The largest absolute Gasteiger partial charge is 0.448 e. The fourth-order valence-corrected chi connectivity index (χ4v) is 3.65. The third-order valence-electron chi connectivity index (χ3n) is 5.49. The van der Waals surface area contributed by atoms with E-state index in [1.807, 2.05) is 17.9 Å². The molecular formula is C23H23F3N4O4. The Morgan fingerprint density at radius 1 is 1.18 bits per heavy atom. The first kappa shape index (κ1) is 23.6. The number of anilines is 2. The summed E-state index contributed by atoms with van der Waals surface area (Å²) >= 11 is 0. The Morgan fingerprint density at radius 3 is 2.59 bits per heavy atom. The van der Waals surface area contributed by atoms with E-state index in [-0.39, 0.29) is 11.4 Å². The average Bonchev–Trinajstić information content (AvgIpc) is 3.25. The van der Waals surface area contributed by atoms with Crippen LogP contribution in [0.15, 0.2) is 42.6 Å². The van der Waals surface area contributed by atoms with E-state index in [9.17, 15) is 22.8 Å². The molecule has 0 spiro atoms. The maximum absolute atomic E-state index is 13.3. The number of morpholine rings is 1. The van der Waals surface area contributed by atoms with Crippen molar-refractivity contribution in [3.05, 3.63) is 59.5 Å². The molecule has 180 valence electrons. The highest BCUT2D eigenvalue weighted by molar-refractivity contribution is 5.99. The first-order valence-corrected chi connectivity index (χ1v) is 10.6. The summed E-state index contributed by atoms with van der Waals surface area (Å²) in [5, 5.41) is 2.49. The lowest BCUT2D eigenvalue weighted by molar-refractivity contribution is -0.137. The van der Waals surface area contributed by atoms with Crippen LogP contribution in [0.1, 0.15) is 28.7 Å². The van der Waals surface area contributed by atoms with E-state index in [2.05, 4.69) is 10.3 Å². The molecule has 1 fully saturated rings. The van der Waals surface area contributed by atoms with Gasteiger partial charge in [0.05, 0.1) is 30.2 Å². The third-order valence-corrected chi connectivity index (χ3v) is 5.49. The minimum Gasteiger partial charge on any atom is -0.448 e. The molecule has 2 aromatic heterocycles. The van der Waals surface area contributed by atoms with Gasteiger partial charge in [0.25, 0.3) is 5.91 Å². The van der Waals surface area contributed by atoms with Crippen molar-refractivity contribution in [2.24, 2.45) is 0 Å². The number of alkyl halides is 3. The van der Waals surface area contributed by atoms with Gasteiger partial charge < -0.3 is 24.1 Å². The molecule has 1 aliphatic heterocycles. The molecule has 1 N–H and O–H groups in total. The van der Waals surface area contributed by atoms with E-state index in [1.54, 1.807) is 16.5 Å². The van der Waals surface area contributed by atoms with Crippen molar-refractivity contribution < 1.29 is 32.2 Å². The van der Waals surface area contributed by atoms with Crippen LogP contribution in [0.4, 0.5) is 24.5 Å². The highest BCUT2D eigenvalue weighted by atomic mass is 19.4. The number of ether oxygens (including phenoxy) is 2. The predicted octanol–water partition coefficient (Wildman–Crippen LogP) is 3.68. The van der Waals surface area contributed by atoms with Gasteiger partial charge in [-0.25, -0.2) is 9.78 Å². The number of benzene rings is 1. The van der Waals surface area contributed by atoms with Crippen LogP contribution in [0.3, 0.4) is 0 Å². The summed E-state index contributed by atoms with van der Waals surface area (Å²) in [5.41, 5.74) is 0.928. The van der Waals surface area contributed by atoms with Gasteiger partial charge in [-0.05, 0) is 44.2 Å². The maximum Gasteiger partial charge on any atom is 0.416 e. The molecule has 3 heterocycles. The quantitative estimate of drug-likeness (QED) is 0.566. The zero-order valence-corrected chi connectivity index (χ0v) is 18.6. The first-order chi connectivity index (χ1) is 16.1. The smallest absolute Gasteiger partial charge is 0.416 e. The number of nitrogens with zero attached hydrogens (tertiary/aromatic N) is 3. The number of carbonyl (C=O) groups excluding carboxylic acids is 2. The van der Waals surface area contributed by atoms with Gasteiger partial charge in [-0.2, -0.15) is 13.2 Å². The number of hydrogen-bond donors (Lipinski definition) is 1. The SMILES string of the molecule is Cc1cccc2nc(C(=O)OC(C)C(=O)Nc3cc(C(F)(F)F)ccc3N3CCOCC3)cn12. The van der Waals surface area contributed by atoms with Crippen molar-refractivity contribution in [2.75, 3.05) is 36.5 Å². The van der Waals surface area contributed by atoms with Gasteiger partial charge in [0.2, 0.25) is 0 Å². The molecule has 1 unspecified atom stereocenters. The van der Waals surface area contributed by atoms with Crippen LogP contribution in [0.2, 0.25) is 0 Å². The van der Waals surface area contributed by atoms with Crippen molar-refractivity contribution in [3.8, 4) is 0 Å². The summed E-state index contributed by atoms with van der Waals surface area (Å²) in [7, 11) is 0. The first-order valence-electron chi connectivity index (χ1n) is 10.6. The fraction of sp³-hybridized carbons (Fsp3) is 0.348. The Labute approximate surface area is 193 Å². The number of rotatable bonds is 5. The monoisotopic (exact) mass is 476 g/mol. The molecule has 1 saturated heterocycles. The highest BCUT2D eigenvalue weighted by Crippen LogP contribution is 2.36. The summed E-state index contributed by atoms with van der Waals surface area (Å²) in [4.78, 5) is 31.3. The number of esters is 1. The van der Waals surface area contributed by atoms with Crippen LogP contribution in [-0.2, 0) is 20.4 Å². The summed E-state index contributed by atoms with van der Waals surface area (Å²) in [6, 6.07) is 8.53. The number of imidazole rings is 1. The normalized spacial score (nSPS) is 15.3. The molecular weight excluding hydrogens is 453 g/mol. The van der Waals surface area contributed by atoms with Crippen LogP contribution in [0, 0.1) is 6.92 Å². The van der Waals surface area contributed by atoms with Gasteiger partial charge in [0, 0.05) is 25.0 Å². The van der Waals surface area contributed by atoms with E-state index in [0.717, 1.165) is 17.8 Å². The zero-order valence-electron chi connectivity index (χ0n) is 18.6. The molecule has 0 bridgehead atoms. The Morgan fingerprint density at radius 2 is 1.91 bits per heavy atom. The number of fused-ring (bicyclic) bond motifs is 1. The second-order valence-corrected chi connectivity index (χ2v) is 7.89. The molecule has 4 rings (SSSR count). The fourth-order valence-electron chi connectivity index (χ4n) is 3.65. The van der Waals surface area contributed by atoms with E-state index in [1.165, 1.54) is 19.2 Å². The molecule has 8 nitrogen and oxygen atoms in total. The lowest BCUT2D eigenvalue weighted by atomic mass is 10.1. The lowest BCUT2D eigenvalue weighted by Crippen LogP contribution is -2.37. The van der Waals surface area contributed by atoms with Gasteiger partial charge in [-0.3, -0.25) is 4.79 Å². The second kappa shape index (κ2) is 9.34. The van der Waals surface area contributed by atoms with E-state index >= 15 is 0 Å². The Bertz CT molecular complexity index is 1220. The highest BCUT2D eigenvalue weighted by Gasteiger charge is 2.32. The molecule has 1 amide bonds. The number of aryl methyl sites for hydroxylation is 1. The van der Waals surface area contributed by atoms with Crippen molar-refractivity contribution in [2.45, 2.75) is 26.1 Å². The van der Waals surface area contributed by atoms with Gasteiger partial charge in [0.15, 0.2) is 11.8 Å². The van der Waals surface area contributed by atoms with Crippen molar-refractivity contribution in [1.29, 1.82) is 0 Å². The van der Waals surface area contributed by atoms with E-state index in [0.29, 0.717) is 37.6 Å². The molecule has 0 radical (unpaired) electrons. The van der Waals surface area contributed by atoms with Gasteiger partial charge in [-0.1, -0.05) is 6.07 Å². The van der Waals surface area contributed by atoms with E-state index < -0.39 is 29.7 Å². The van der Waals surface area contributed by atoms with Crippen LogP contribution in [0.25, 0.3) is 5.65 Å². The number of pyridine rings is 1. The van der Waals surface area contributed by atoms with Crippen LogP contribution >= 0.6 is 0 Å². The molecule has 0 aliphatic carbocycles. The van der Waals surface area contributed by atoms with Crippen LogP contribution in [0.5, 0.6) is 0 Å². The number of amides is 1. The Kier molecular flexibility index (Phi) is 6.47. The topological polar surface area (TPSA) is 85.2 Å². The summed E-state index contributed by atoms with van der Waals surface area (Å²) in [6.07, 6.45) is -4.35. The molecule has 3 aromatic rings. The Balaban J connectivity index is 1.52. The summed E-state index contributed by atoms with van der Waals surface area (Å²) in [6.45, 7) is 4.96. The molecule has 1 aliphatic rings. The minimum absolute atomic E-state index is 0.0158. The molecule has 1 aromatic carbocycles. The van der Waals surface area contributed by atoms with Gasteiger partial charge in [-0.15, -0.1) is 0 Å². The van der Waals surface area contributed by atoms with Crippen molar-refractivity contribution in [1.82, 2.24) is 9.38 Å².